The summed E-state index contributed by atoms with van der Waals surface area (Å²) in [7, 11) is 1.75. The monoisotopic (exact) mass is 361 g/mol. The number of fused-ring (bicyclic) bond motifs is 1. The molecule has 3 rings (SSSR count). The number of carbonyl (C=O) groups excluding carboxylic acids is 1. The predicted molar refractivity (Wildman–Crippen MR) is 101 cm³/mol. The Kier molecular flexibility index (Phi) is 6.43. The molecule has 1 saturated carbocycles. The van der Waals surface area contributed by atoms with Gasteiger partial charge in [-0.15, -0.1) is 0 Å². The summed E-state index contributed by atoms with van der Waals surface area (Å²) in [6.45, 7) is 7.62. The zero-order valence-corrected chi connectivity index (χ0v) is 16.1. The van der Waals surface area contributed by atoms with Crippen molar-refractivity contribution in [2.75, 3.05) is 32.1 Å². The molecular weight excluding hydrogens is 330 g/mol. The van der Waals surface area contributed by atoms with E-state index in [1.54, 1.807) is 14.0 Å². The van der Waals surface area contributed by atoms with Crippen molar-refractivity contribution in [2.45, 2.75) is 51.8 Å². The van der Waals surface area contributed by atoms with Gasteiger partial charge in [0.05, 0.1) is 12.1 Å². The second kappa shape index (κ2) is 8.77. The lowest BCUT2D eigenvalue weighted by Gasteiger charge is -2.37. The maximum absolute atomic E-state index is 11.5. The fourth-order valence-corrected chi connectivity index (χ4v) is 4.34. The molecule has 4 atom stereocenters. The second-order valence-corrected chi connectivity index (χ2v) is 7.61. The first-order chi connectivity index (χ1) is 12.6. The number of ether oxygens (including phenoxy) is 1. The summed E-state index contributed by atoms with van der Waals surface area (Å²) in [6, 6.07) is 0.131. The van der Waals surface area contributed by atoms with Crippen LogP contribution in [0.1, 0.15) is 38.7 Å². The number of amides is 1. The van der Waals surface area contributed by atoms with Crippen molar-refractivity contribution in [3.63, 3.8) is 0 Å². The van der Waals surface area contributed by atoms with Crippen LogP contribution in [0.25, 0.3) is 0 Å². The van der Waals surface area contributed by atoms with Crippen molar-refractivity contribution < 1.29 is 9.53 Å². The molecule has 7 heteroatoms. The average molecular weight is 361 g/mol. The van der Waals surface area contributed by atoms with Gasteiger partial charge < -0.3 is 15.4 Å². The average Bonchev–Trinajstić information content (AvgIpc) is 3.01. The van der Waals surface area contributed by atoms with Crippen LogP contribution >= 0.6 is 0 Å². The molecule has 1 aliphatic heterocycles. The molecule has 0 bridgehead atoms. The normalized spacial score (nSPS) is 28.6. The maximum atomic E-state index is 11.5. The summed E-state index contributed by atoms with van der Waals surface area (Å²) >= 11 is 0. The molecule has 2 fully saturated rings. The van der Waals surface area contributed by atoms with E-state index in [1.807, 2.05) is 12.4 Å². The van der Waals surface area contributed by atoms with E-state index >= 15 is 0 Å². The Balaban J connectivity index is 1.55. The maximum Gasteiger partial charge on any atom is 0.222 e. The van der Waals surface area contributed by atoms with E-state index in [0.29, 0.717) is 17.8 Å². The fraction of sp³-hybridized carbons (Fsp3) is 0.737. The molecule has 2 heterocycles. The van der Waals surface area contributed by atoms with Gasteiger partial charge in [0.2, 0.25) is 11.9 Å². The van der Waals surface area contributed by atoms with Gasteiger partial charge >= 0.3 is 0 Å². The number of aromatic nitrogens is 2. The van der Waals surface area contributed by atoms with Gasteiger partial charge in [0, 0.05) is 58.2 Å². The minimum atomic E-state index is 0.0271. The molecule has 1 amide bonds. The highest BCUT2D eigenvalue weighted by molar-refractivity contribution is 5.73. The molecule has 1 aromatic heterocycles. The van der Waals surface area contributed by atoms with Crippen LogP contribution < -0.4 is 10.6 Å². The molecule has 144 valence electrons. The van der Waals surface area contributed by atoms with E-state index in [4.69, 9.17) is 4.74 Å². The number of likely N-dealkylation sites (tertiary alicyclic amines) is 1. The van der Waals surface area contributed by atoms with E-state index in [1.165, 1.54) is 0 Å². The molecule has 2 aliphatic rings. The van der Waals surface area contributed by atoms with Gasteiger partial charge in [-0.3, -0.25) is 9.69 Å². The van der Waals surface area contributed by atoms with Crippen molar-refractivity contribution in [3.05, 3.63) is 18.0 Å². The lowest BCUT2D eigenvalue weighted by atomic mass is 9.77. The number of nitrogens with one attached hydrogen (secondary N) is 2. The second-order valence-electron chi connectivity index (χ2n) is 7.61. The van der Waals surface area contributed by atoms with Crippen molar-refractivity contribution >= 4 is 11.9 Å². The highest BCUT2D eigenvalue weighted by Crippen LogP contribution is 2.38. The molecule has 7 nitrogen and oxygen atoms in total. The molecule has 1 aromatic rings. The summed E-state index contributed by atoms with van der Waals surface area (Å²) in [4.78, 5) is 22.8. The van der Waals surface area contributed by atoms with Crippen molar-refractivity contribution in [1.82, 2.24) is 20.2 Å². The first kappa shape index (κ1) is 19.0. The van der Waals surface area contributed by atoms with Crippen LogP contribution in [0.3, 0.4) is 0 Å². The third kappa shape index (κ3) is 4.71. The van der Waals surface area contributed by atoms with Gasteiger partial charge in [0.15, 0.2) is 0 Å². The summed E-state index contributed by atoms with van der Waals surface area (Å²) < 4.78 is 5.65. The molecule has 1 saturated heterocycles. The first-order valence-electron chi connectivity index (χ1n) is 9.66. The minimum Gasteiger partial charge on any atom is -0.379 e. The van der Waals surface area contributed by atoms with Gasteiger partial charge in [0.25, 0.3) is 0 Å². The van der Waals surface area contributed by atoms with Gasteiger partial charge in [-0.25, -0.2) is 9.97 Å². The fourth-order valence-electron chi connectivity index (χ4n) is 4.34. The topological polar surface area (TPSA) is 79.4 Å². The third-order valence-electron chi connectivity index (χ3n) is 5.53. The van der Waals surface area contributed by atoms with Crippen LogP contribution in [-0.2, 0) is 16.1 Å². The zero-order chi connectivity index (χ0) is 18.5. The lowest BCUT2D eigenvalue weighted by Crippen LogP contribution is -2.49. The number of hydrogen-bond donors (Lipinski definition) is 2. The van der Waals surface area contributed by atoms with Gasteiger partial charge in [0.1, 0.15) is 0 Å². The van der Waals surface area contributed by atoms with E-state index in [-0.39, 0.29) is 18.1 Å². The zero-order valence-electron chi connectivity index (χ0n) is 16.1. The first-order valence-corrected chi connectivity index (χ1v) is 9.66. The number of anilines is 1. The van der Waals surface area contributed by atoms with E-state index in [9.17, 15) is 4.79 Å². The summed E-state index contributed by atoms with van der Waals surface area (Å²) in [5, 5.41) is 6.28. The third-order valence-corrected chi connectivity index (χ3v) is 5.53. The Morgan fingerprint density at radius 3 is 2.58 bits per heavy atom. The van der Waals surface area contributed by atoms with Crippen LogP contribution in [0.5, 0.6) is 0 Å². The number of methoxy groups -OCH3 is 1. The van der Waals surface area contributed by atoms with Crippen molar-refractivity contribution in [2.24, 2.45) is 11.8 Å². The molecule has 0 unspecified atom stereocenters. The Morgan fingerprint density at radius 2 is 1.96 bits per heavy atom. The molecule has 0 spiro atoms. The van der Waals surface area contributed by atoms with Gasteiger partial charge in [-0.05, 0) is 31.1 Å². The molecule has 0 radical (unpaired) electrons. The van der Waals surface area contributed by atoms with Gasteiger partial charge in [-0.1, -0.05) is 6.92 Å². The van der Waals surface area contributed by atoms with E-state index in [2.05, 4.69) is 32.4 Å². The smallest absolute Gasteiger partial charge is 0.222 e. The number of nitrogens with zero attached hydrogens (tertiary/aromatic N) is 3. The summed E-state index contributed by atoms with van der Waals surface area (Å²) in [5.74, 6) is 1.98. The van der Waals surface area contributed by atoms with Crippen LogP contribution in [0.4, 0.5) is 5.95 Å². The summed E-state index contributed by atoms with van der Waals surface area (Å²) in [5.41, 5.74) is 1.15. The Morgan fingerprint density at radius 1 is 1.27 bits per heavy atom. The number of hydrogen-bond acceptors (Lipinski definition) is 6. The largest absolute Gasteiger partial charge is 0.379 e. The Hall–Kier alpha value is -1.73. The Labute approximate surface area is 155 Å². The van der Waals surface area contributed by atoms with Crippen molar-refractivity contribution in [1.29, 1.82) is 0 Å². The molecule has 1 aliphatic carbocycles. The number of carbonyl (C=O) groups is 1. The molecule has 2 N–H and O–H groups in total. The quantitative estimate of drug-likeness (QED) is 0.769. The van der Waals surface area contributed by atoms with E-state index < -0.39 is 0 Å². The highest BCUT2D eigenvalue weighted by atomic mass is 16.5. The van der Waals surface area contributed by atoms with Gasteiger partial charge in [-0.2, -0.15) is 0 Å². The van der Waals surface area contributed by atoms with Crippen molar-refractivity contribution in [3.8, 4) is 0 Å². The molecule has 26 heavy (non-hydrogen) atoms. The van der Waals surface area contributed by atoms with Crippen LogP contribution in [0.2, 0.25) is 0 Å². The molecule has 0 aromatic carbocycles. The SMILES string of the molecule is CCCNc1ncc(CN2C[C@H]3C[C@@H](NC(C)=O)[C@H](OC)C[C@H]3C2)cn1. The van der Waals surface area contributed by atoms with Crippen LogP contribution in [-0.4, -0.2) is 59.7 Å². The predicted octanol–water partition coefficient (Wildman–Crippen LogP) is 1.66. The Bertz CT molecular complexity index is 594. The summed E-state index contributed by atoms with van der Waals surface area (Å²) in [6.07, 6.45) is 7.03. The molecular formula is C19H31N5O2. The minimum absolute atomic E-state index is 0.0271. The van der Waals surface area contributed by atoms with Crippen LogP contribution in [0.15, 0.2) is 12.4 Å². The van der Waals surface area contributed by atoms with Crippen LogP contribution in [0, 0.1) is 11.8 Å². The lowest BCUT2D eigenvalue weighted by molar-refractivity contribution is -0.121. The number of rotatable bonds is 7. The highest BCUT2D eigenvalue weighted by Gasteiger charge is 2.42. The standard InChI is InChI=1S/C19H31N5O2/c1-4-5-20-19-21-8-14(9-22-19)10-24-11-15-6-17(23-13(2)25)18(26-3)7-16(15)12-24/h8-9,15-18H,4-7,10-12H2,1-3H3,(H,23,25)(H,20,21,22)/t15-,16+,17-,18-/m1/s1. The van der Waals surface area contributed by atoms with E-state index in [0.717, 1.165) is 51.0 Å².